The number of nitrogens with two attached hydrogens (primary N) is 1. The number of aryl methyl sites for hydroxylation is 1. The second kappa shape index (κ2) is 6.09. The van der Waals surface area contributed by atoms with E-state index in [1.807, 2.05) is 36.6 Å². The Kier molecular flexibility index (Phi) is 4.44. The first-order chi connectivity index (χ1) is 9.52. The van der Waals surface area contributed by atoms with Crippen LogP contribution in [-0.2, 0) is 11.3 Å². The third kappa shape index (κ3) is 3.01. The number of hydrogen-bond acceptors (Lipinski definition) is 4. The lowest BCUT2D eigenvalue weighted by Crippen LogP contribution is -2.23. The SMILES string of the molecule is CCn1c(SC(C)C(N)=O)nnc1-c1cccc(C)c1. The van der Waals surface area contributed by atoms with Gasteiger partial charge in [0.15, 0.2) is 11.0 Å². The van der Waals surface area contributed by atoms with Gasteiger partial charge in [-0.1, -0.05) is 35.5 Å². The van der Waals surface area contributed by atoms with Crippen LogP contribution in [-0.4, -0.2) is 25.9 Å². The van der Waals surface area contributed by atoms with Crippen molar-refractivity contribution < 1.29 is 4.79 Å². The van der Waals surface area contributed by atoms with Crippen molar-refractivity contribution in [1.29, 1.82) is 0 Å². The highest BCUT2D eigenvalue weighted by Gasteiger charge is 2.18. The molecule has 20 heavy (non-hydrogen) atoms. The summed E-state index contributed by atoms with van der Waals surface area (Å²) in [4.78, 5) is 11.2. The van der Waals surface area contributed by atoms with E-state index in [2.05, 4.69) is 16.3 Å². The van der Waals surface area contributed by atoms with Gasteiger partial charge in [0.2, 0.25) is 5.91 Å². The van der Waals surface area contributed by atoms with Gasteiger partial charge in [-0.2, -0.15) is 0 Å². The van der Waals surface area contributed by atoms with Gasteiger partial charge in [0.05, 0.1) is 5.25 Å². The summed E-state index contributed by atoms with van der Waals surface area (Å²) >= 11 is 1.34. The number of primary amides is 1. The second-order valence-electron chi connectivity index (χ2n) is 4.58. The molecule has 6 heteroatoms. The Morgan fingerprint density at radius 1 is 1.45 bits per heavy atom. The normalized spacial score (nSPS) is 12.3. The molecule has 106 valence electrons. The maximum absolute atomic E-state index is 11.2. The number of aromatic nitrogens is 3. The Labute approximate surface area is 122 Å². The largest absolute Gasteiger partial charge is 0.369 e. The molecule has 1 aromatic carbocycles. The predicted molar refractivity (Wildman–Crippen MR) is 80.4 cm³/mol. The molecule has 2 N–H and O–H groups in total. The Hall–Kier alpha value is -1.82. The molecule has 0 bridgehead atoms. The molecule has 1 amide bonds. The summed E-state index contributed by atoms with van der Waals surface area (Å²) in [6, 6.07) is 8.12. The van der Waals surface area contributed by atoms with E-state index in [0.29, 0.717) is 0 Å². The third-order valence-corrected chi connectivity index (χ3v) is 4.09. The van der Waals surface area contributed by atoms with Crippen molar-refractivity contribution in [3.05, 3.63) is 29.8 Å². The monoisotopic (exact) mass is 290 g/mol. The molecule has 0 aliphatic rings. The van der Waals surface area contributed by atoms with E-state index >= 15 is 0 Å². The van der Waals surface area contributed by atoms with Gasteiger partial charge in [0.1, 0.15) is 0 Å². The number of rotatable bonds is 5. The number of benzene rings is 1. The molecule has 2 rings (SSSR count). The third-order valence-electron chi connectivity index (χ3n) is 2.99. The van der Waals surface area contributed by atoms with Crippen LogP contribution in [0, 0.1) is 6.92 Å². The first-order valence-corrected chi connectivity index (χ1v) is 7.37. The molecule has 0 fully saturated rings. The van der Waals surface area contributed by atoms with Crippen molar-refractivity contribution in [1.82, 2.24) is 14.8 Å². The molecule has 0 saturated carbocycles. The van der Waals surface area contributed by atoms with Gasteiger partial charge in [0, 0.05) is 12.1 Å². The van der Waals surface area contributed by atoms with Crippen molar-refractivity contribution in [3.63, 3.8) is 0 Å². The maximum Gasteiger partial charge on any atom is 0.230 e. The number of nitrogens with zero attached hydrogens (tertiary/aromatic N) is 3. The van der Waals surface area contributed by atoms with Crippen LogP contribution < -0.4 is 5.73 Å². The lowest BCUT2D eigenvalue weighted by Gasteiger charge is -2.09. The molecule has 1 heterocycles. The molecular weight excluding hydrogens is 272 g/mol. The highest BCUT2D eigenvalue weighted by molar-refractivity contribution is 8.00. The zero-order chi connectivity index (χ0) is 14.7. The Morgan fingerprint density at radius 2 is 2.20 bits per heavy atom. The van der Waals surface area contributed by atoms with Gasteiger partial charge in [-0.25, -0.2) is 0 Å². The first-order valence-electron chi connectivity index (χ1n) is 6.49. The van der Waals surface area contributed by atoms with Crippen molar-refractivity contribution in [2.45, 2.75) is 37.7 Å². The molecule has 0 radical (unpaired) electrons. The lowest BCUT2D eigenvalue weighted by atomic mass is 10.1. The minimum absolute atomic E-state index is 0.324. The van der Waals surface area contributed by atoms with E-state index in [0.717, 1.165) is 23.1 Å². The van der Waals surface area contributed by atoms with E-state index in [1.165, 1.54) is 17.3 Å². The number of carbonyl (C=O) groups excluding carboxylic acids is 1. The second-order valence-corrected chi connectivity index (χ2v) is 5.89. The standard InChI is InChI=1S/C14H18N4OS/c1-4-18-13(11-7-5-6-9(2)8-11)16-17-14(18)20-10(3)12(15)19/h5-8,10H,4H2,1-3H3,(H2,15,19). The van der Waals surface area contributed by atoms with Crippen molar-refractivity contribution >= 4 is 17.7 Å². The van der Waals surface area contributed by atoms with Gasteiger partial charge in [-0.15, -0.1) is 10.2 Å². The van der Waals surface area contributed by atoms with Crippen LogP contribution in [0.1, 0.15) is 19.4 Å². The molecule has 0 aliphatic heterocycles. The first kappa shape index (κ1) is 14.6. The van der Waals surface area contributed by atoms with E-state index < -0.39 is 0 Å². The van der Waals surface area contributed by atoms with Crippen molar-refractivity contribution in [2.75, 3.05) is 0 Å². The summed E-state index contributed by atoms with van der Waals surface area (Å²) in [6.07, 6.45) is 0. The maximum atomic E-state index is 11.2. The smallest absolute Gasteiger partial charge is 0.230 e. The zero-order valence-electron chi connectivity index (χ0n) is 11.8. The van der Waals surface area contributed by atoms with Crippen molar-refractivity contribution in [2.24, 2.45) is 5.73 Å². The molecule has 0 saturated heterocycles. The number of carbonyl (C=O) groups is 1. The average molecular weight is 290 g/mol. The fourth-order valence-corrected chi connectivity index (χ4v) is 2.74. The fraction of sp³-hybridized carbons (Fsp3) is 0.357. The van der Waals surface area contributed by atoms with E-state index in [-0.39, 0.29) is 11.2 Å². The molecule has 2 aromatic rings. The Morgan fingerprint density at radius 3 is 2.80 bits per heavy atom. The molecular formula is C14H18N4OS. The Balaban J connectivity index is 2.37. The van der Waals surface area contributed by atoms with E-state index in [1.54, 1.807) is 6.92 Å². The number of thioether (sulfide) groups is 1. The number of hydrogen-bond donors (Lipinski definition) is 1. The Bertz CT molecular complexity index is 623. The highest BCUT2D eigenvalue weighted by Crippen LogP contribution is 2.26. The average Bonchev–Trinajstić information content (AvgIpc) is 2.81. The quantitative estimate of drug-likeness (QED) is 0.857. The van der Waals surface area contributed by atoms with Crippen LogP contribution in [0.3, 0.4) is 0 Å². The van der Waals surface area contributed by atoms with E-state index in [9.17, 15) is 4.79 Å². The van der Waals surface area contributed by atoms with Crippen molar-refractivity contribution in [3.8, 4) is 11.4 Å². The summed E-state index contributed by atoms with van der Waals surface area (Å²) < 4.78 is 2.00. The number of amides is 1. The van der Waals surface area contributed by atoms with Crippen LogP contribution in [0.5, 0.6) is 0 Å². The summed E-state index contributed by atoms with van der Waals surface area (Å²) in [5.74, 6) is 0.466. The van der Waals surface area contributed by atoms with Crippen LogP contribution in [0.2, 0.25) is 0 Å². The fourth-order valence-electron chi connectivity index (χ4n) is 1.87. The van der Waals surface area contributed by atoms with Crippen LogP contribution in [0.15, 0.2) is 29.4 Å². The van der Waals surface area contributed by atoms with Gasteiger partial charge in [-0.05, 0) is 26.8 Å². The highest BCUT2D eigenvalue weighted by atomic mass is 32.2. The molecule has 0 aliphatic carbocycles. The summed E-state index contributed by atoms with van der Waals surface area (Å²) in [7, 11) is 0. The summed E-state index contributed by atoms with van der Waals surface area (Å²) in [6.45, 7) is 6.58. The topological polar surface area (TPSA) is 73.8 Å². The minimum Gasteiger partial charge on any atom is -0.369 e. The molecule has 1 atom stereocenters. The zero-order valence-corrected chi connectivity index (χ0v) is 12.6. The minimum atomic E-state index is -0.349. The van der Waals surface area contributed by atoms with E-state index in [4.69, 9.17) is 5.73 Å². The van der Waals surface area contributed by atoms with Crippen LogP contribution in [0.4, 0.5) is 0 Å². The summed E-state index contributed by atoms with van der Waals surface area (Å²) in [5, 5.41) is 8.83. The van der Waals surface area contributed by atoms with Gasteiger partial charge < -0.3 is 10.3 Å². The summed E-state index contributed by atoms with van der Waals surface area (Å²) in [5.41, 5.74) is 7.50. The molecule has 1 unspecified atom stereocenters. The molecule has 1 aromatic heterocycles. The van der Waals surface area contributed by atoms with Gasteiger partial charge >= 0.3 is 0 Å². The molecule has 0 spiro atoms. The van der Waals surface area contributed by atoms with Gasteiger partial charge in [0.25, 0.3) is 0 Å². The van der Waals surface area contributed by atoms with Crippen LogP contribution in [0.25, 0.3) is 11.4 Å². The van der Waals surface area contributed by atoms with Crippen LogP contribution >= 0.6 is 11.8 Å². The lowest BCUT2D eigenvalue weighted by molar-refractivity contribution is -0.117. The predicted octanol–water partition coefficient (Wildman–Crippen LogP) is 2.24. The van der Waals surface area contributed by atoms with Gasteiger partial charge in [-0.3, -0.25) is 4.79 Å². The molecule has 5 nitrogen and oxygen atoms in total.